The fraction of sp³-hybridized carbons (Fsp3) is 0.391. The molecule has 2 fully saturated rings. The molecule has 4 rings (SSSR count). The third kappa shape index (κ3) is 4.82. The van der Waals surface area contributed by atoms with Crippen LogP contribution < -0.4 is 0 Å². The SMILES string of the molecule is O=C(c1ccccc1)N1CCN(C(=O)c2ccccc2SCC2CCCO2)CC1. The fourth-order valence-corrected chi connectivity index (χ4v) is 4.89. The third-order valence-corrected chi connectivity index (χ3v) is 6.65. The molecule has 29 heavy (non-hydrogen) atoms. The Balaban J connectivity index is 1.36. The molecule has 5 nitrogen and oxygen atoms in total. The minimum absolute atomic E-state index is 0.0326. The van der Waals surface area contributed by atoms with Gasteiger partial charge in [0.2, 0.25) is 0 Å². The molecule has 2 aromatic carbocycles. The van der Waals surface area contributed by atoms with Crippen LogP contribution in [-0.2, 0) is 4.74 Å². The molecule has 6 heteroatoms. The lowest BCUT2D eigenvalue weighted by atomic mass is 10.1. The highest BCUT2D eigenvalue weighted by atomic mass is 32.2. The van der Waals surface area contributed by atoms with E-state index in [0.717, 1.165) is 35.7 Å². The normalized spacial score (nSPS) is 19.4. The highest BCUT2D eigenvalue weighted by Crippen LogP contribution is 2.28. The molecule has 2 aliphatic rings. The number of benzene rings is 2. The van der Waals surface area contributed by atoms with Crippen molar-refractivity contribution in [3.8, 4) is 0 Å². The van der Waals surface area contributed by atoms with Gasteiger partial charge in [0.15, 0.2) is 0 Å². The molecule has 2 heterocycles. The van der Waals surface area contributed by atoms with E-state index in [1.165, 1.54) is 0 Å². The number of hydrogen-bond acceptors (Lipinski definition) is 4. The third-order valence-electron chi connectivity index (χ3n) is 5.44. The number of carbonyl (C=O) groups excluding carboxylic acids is 2. The topological polar surface area (TPSA) is 49.9 Å². The summed E-state index contributed by atoms with van der Waals surface area (Å²) in [5.74, 6) is 0.960. The number of piperazine rings is 1. The molecule has 0 radical (unpaired) electrons. The van der Waals surface area contributed by atoms with Crippen molar-refractivity contribution in [2.75, 3.05) is 38.5 Å². The van der Waals surface area contributed by atoms with Gasteiger partial charge < -0.3 is 14.5 Å². The van der Waals surface area contributed by atoms with E-state index in [1.54, 1.807) is 11.8 Å². The predicted molar refractivity (Wildman–Crippen MR) is 114 cm³/mol. The maximum absolute atomic E-state index is 13.1. The van der Waals surface area contributed by atoms with Gasteiger partial charge in [-0.25, -0.2) is 0 Å². The molecule has 0 aromatic heterocycles. The number of rotatable bonds is 5. The second-order valence-electron chi connectivity index (χ2n) is 7.39. The molecule has 0 spiro atoms. The van der Waals surface area contributed by atoms with Crippen molar-refractivity contribution in [1.29, 1.82) is 0 Å². The summed E-state index contributed by atoms with van der Waals surface area (Å²) in [5, 5.41) is 0. The van der Waals surface area contributed by atoms with Gasteiger partial charge in [0.05, 0.1) is 11.7 Å². The van der Waals surface area contributed by atoms with Crippen molar-refractivity contribution in [2.24, 2.45) is 0 Å². The summed E-state index contributed by atoms with van der Waals surface area (Å²) in [7, 11) is 0. The lowest BCUT2D eigenvalue weighted by Crippen LogP contribution is -2.50. The zero-order chi connectivity index (χ0) is 20.1. The van der Waals surface area contributed by atoms with Gasteiger partial charge in [-0.1, -0.05) is 30.3 Å². The first-order chi connectivity index (χ1) is 14.2. The minimum atomic E-state index is 0.0326. The van der Waals surface area contributed by atoms with Gasteiger partial charge in [0.25, 0.3) is 11.8 Å². The van der Waals surface area contributed by atoms with Gasteiger partial charge in [-0.05, 0) is 37.1 Å². The van der Waals surface area contributed by atoms with Crippen LogP contribution in [0.1, 0.15) is 33.6 Å². The first kappa shape index (κ1) is 20.0. The molecule has 1 unspecified atom stereocenters. The van der Waals surface area contributed by atoms with Gasteiger partial charge in [-0.3, -0.25) is 9.59 Å². The standard InChI is InChI=1S/C23H26N2O3S/c26-22(18-7-2-1-3-8-18)24-12-14-25(15-13-24)23(27)20-10-4-5-11-21(20)29-17-19-9-6-16-28-19/h1-5,7-8,10-11,19H,6,9,12-17H2. The molecule has 0 aliphatic carbocycles. The van der Waals surface area contributed by atoms with Gasteiger partial charge in [0, 0.05) is 49.0 Å². The molecule has 1 atom stereocenters. The summed E-state index contributed by atoms with van der Waals surface area (Å²) in [6.45, 7) is 3.08. The highest BCUT2D eigenvalue weighted by Gasteiger charge is 2.27. The van der Waals surface area contributed by atoms with Gasteiger partial charge >= 0.3 is 0 Å². The maximum Gasteiger partial charge on any atom is 0.255 e. The van der Waals surface area contributed by atoms with Crippen LogP contribution in [0.4, 0.5) is 0 Å². The molecule has 0 N–H and O–H groups in total. The Morgan fingerprint density at radius 1 is 0.897 bits per heavy atom. The van der Waals surface area contributed by atoms with Crippen molar-refractivity contribution < 1.29 is 14.3 Å². The van der Waals surface area contributed by atoms with E-state index in [2.05, 4.69) is 0 Å². The largest absolute Gasteiger partial charge is 0.377 e. The Hall–Kier alpha value is -2.31. The van der Waals surface area contributed by atoms with Crippen LogP contribution in [0.15, 0.2) is 59.5 Å². The van der Waals surface area contributed by atoms with Crippen LogP contribution in [0.3, 0.4) is 0 Å². The lowest BCUT2D eigenvalue weighted by Gasteiger charge is -2.35. The van der Waals surface area contributed by atoms with Crippen molar-refractivity contribution in [3.05, 3.63) is 65.7 Å². The zero-order valence-electron chi connectivity index (χ0n) is 16.5. The number of amides is 2. The maximum atomic E-state index is 13.1. The van der Waals surface area contributed by atoms with Crippen LogP contribution >= 0.6 is 11.8 Å². The monoisotopic (exact) mass is 410 g/mol. The lowest BCUT2D eigenvalue weighted by molar-refractivity contribution is 0.0533. The summed E-state index contributed by atoms with van der Waals surface area (Å²) < 4.78 is 5.71. The molecule has 2 saturated heterocycles. The second-order valence-corrected chi connectivity index (χ2v) is 8.45. The number of carbonyl (C=O) groups is 2. The van der Waals surface area contributed by atoms with Crippen LogP contribution in [0.5, 0.6) is 0 Å². The molecule has 152 valence electrons. The Kier molecular flexibility index (Phi) is 6.52. The summed E-state index contributed by atoms with van der Waals surface area (Å²) in [5.41, 5.74) is 1.45. The number of hydrogen-bond donors (Lipinski definition) is 0. The Labute approximate surface area is 176 Å². The summed E-state index contributed by atoms with van der Waals surface area (Å²) in [4.78, 5) is 30.5. The van der Waals surface area contributed by atoms with E-state index in [-0.39, 0.29) is 17.9 Å². The summed E-state index contributed by atoms with van der Waals surface area (Å²) in [6, 6.07) is 17.1. The number of thioether (sulfide) groups is 1. The van der Waals surface area contributed by atoms with E-state index in [0.29, 0.717) is 31.7 Å². The highest BCUT2D eigenvalue weighted by molar-refractivity contribution is 7.99. The van der Waals surface area contributed by atoms with E-state index < -0.39 is 0 Å². The van der Waals surface area contributed by atoms with Crippen LogP contribution in [0.25, 0.3) is 0 Å². The molecule has 2 amide bonds. The van der Waals surface area contributed by atoms with Gasteiger partial charge in [0.1, 0.15) is 0 Å². The molecular weight excluding hydrogens is 384 g/mol. The first-order valence-electron chi connectivity index (χ1n) is 10.2. The van der Waals surface area contributed by atoms with Crippen molar-refractivity contribution in [3.63, 3.8) is 0 Å². The fourth-order valence-electron chi connectivity index (χ4n) is 3.77. The van der Waals surface area contributed by atoms with E-state index in [9.17, 15) is 9.59 Å². The average molecular weight is 411 g/mol. The van der Waals surface area contributed by atoms with Gasteiger partial charge in [-0.2, -0.15) is 0 Å². The first-order valence-corrected chi connectivity index (χ1v) is 11.2. The van der Waals surface area contributed by atoms with E-state index in [4.69, 9.17) is 4.74 Å². The smallest absolute Gasteiger partial charge is 0.255 e. The molecule has 2 aromatic rings. The second kappa shape index (κ2) is 9.46. The molecule has 0 bridgehead atoms. The minimum Gasteiger partial charge on any atom is -0.377 e. The van der Waals surface area contributed by atoms with Crippen LogP contribution in [0.2, 0.25) is 0 Å². The summed E-state index contributed by atoms with van der Waals surface area (Å²) >= 11 is 1.70. The van der Waals surface area contributed by atoms with Crippen LogP contribution in [0, 0.1) is 0 Å². The number of nitrogens with zero attached hydrogens (tertiary/aromatic N) is 2. The molecule has 2 aliphatic heterocycles. The molecule has 0 saturated carbocycles. The van der Waals surface area contributed by atoms with Crippen LogP contribution in [-0.4, -0.2) is 66.3 Å². The van der Waals surface area contributed by atoms with E-state index in [1.807, 2.05) is 64.4 Å². The van der Waals surface area contributed by atoms with Crippen molar-refractivity contribution in [1.82, 2.24) is 9.80 Å². The Morgan fingerprint density at radius 3 is 2.24 bits per heavy atom. The average Bonchev–Trinajstić information content (AvgIpc) is 3.31. The quantitative estimate of drug-likeness (QED) is 0.708. The predicted octanol–water partition coefficient (Wildman–Crippen LogP) is 3.56. The Bertz CT molecular complexity index is 844. The Morgan fingerprint density at radius 2 is 1.55 bits per heavy atom. The number of ether oxygens (including phenoxy) is 1. The zero-order valence-corrected chi connectivity index (χ0v) is 17.3. The van der Waals surface area contributed by atoms with Crippen molar-refractivity contribution >= 4 is 23.6 Å². The van der Waals surface area contributed by atoms with Gasteiger partial charge in [-0.15, -0.1) is 11.8 Å². The van der Waals surface area contributed by atoms with E-state index >= 15 is 0 Å². The molecular formula is C23H26N2O3S. The van der Waals surface area contributed by atoms with Crippen molar-refractivity contribution in [2.45, 2.75) is 23.8 Å². The summed E-state index contributed by atoms with van der Waals surface area (Å²) in [6.07, 6.45) is 2.51.